The summed E-state index contributed by atoms with van der Waals surface area (Å²) in [5.74, 6) is 1.24. The third-order valence-corrected chi connectivity index (χ3v) is 4.65. The summed E-state index contributed by atoms with van der Waals surface area (Å²) >= 11 is 0. The van der Waals surface area contributed by atoms with Crippen molar-refractivity contribution < 1.29 is 14.0 Å². The maximum absolute atomic E-state index is 6.11. The van der Waals surface area contributed by atoms with Gasteiger partial charge in [0, 0.05) is 11.7 Å². The van der Waals surface area contributed by atoms with Crippen LogP contribution in [-0.2, 0) is 9.31 Å². The van der Waals surface area contributed by atoms with E-state index in [0.717, 1.165) is 5.46 Å². The van der Waals surface area contributed by atoms with Gasteiger partial charge in [0.15, 0.2) is 0 Å². The second-order valence-electron chi connectivity index (χ2n) is 6.73. The first-order chi connectivity index (χ1) is 9.34. The average molecular weight is 275 g/mol. The van der Waals surface area contributed by atoms with Gasteiger partial charge in [-0.05, 0) is 52.0 Å². The molecule has 0 atom stereocenters. The third kappa shape index (κ3) is 2.23. The zero-order valence-electron chi connectivity index (χ0n) is 12.9. The molecule has 1 aromatic heterocycles. The SMILES string of the molecule is COc1ncc(C2CC2)cc1B1OC(C)(C)C(C)(C)O1. The van der Waals surface area contributed by atoms with Crippen LogP contribution in [0.3, 0.4) is 0 Å². The molecule has 5 heteroatoms. The van der Waals surface area contributed by atoms with Crippen molar-refractivity contribution in [3.05, 3.63) is 17.8 Å². The van der Waals surface area contributed by atoms with E-state index in [1.807, 2.05) is 6.20 Å². The van der Waals surface area contributed by atoms with Crippen LogP contribution in [0.5, 0.6) is 5.88 Å². The molecule has 20 heavy (non-hydrogen) atoms. The highest BCUT2D eigenvalue weighted by molar-refractivity contribution is 6.63. The van der Waals surface area contributed by atoms with Crippen LogP contribution in [0.15, 0.2) is 12.3 Å². The molecule has 0 N–H and O–H groups in total. The first-order valence-electron chi connectivity index (χ1n) is 7.23. The smallest absolute Gasteiger partial charge is 0.481 e. The Morgan fingerprint density at radius 2 is 1.80 bits per heavy atom. The van der Waals surface area contributed by atoms with Crippen molar-refractivity contribution in [2.45, 2.75) is 57.7 Å². The summed E-state index contributed by atoms with van der Waals surface area (Å²) < 4.78 is 17.6. The molecule has 108 valence electrons. The number of methoxy groups -OCH3 is 1. The quantitative estimate of drug-likeness (QED) is 0.793. The van der Waals surface area contributed by atoms with Crippen LogP contribution in [0, 0.1) is 0 Å². The molecule has 1 aliphatic carbocycles. The Balaban J connectivity index is 1.95. The standard InChI is InChI=1S/C15H22BNO3/c1-14(2)15(3,4)20-16(19-14)12-8-11(10-6-7-10)9-17-13(12)18-5/h8-10H,6-7H2,1-5H3. The Morgan fingerprint density at radius 3 is 2.30 bits per heavy atom. The number of aromatic nitrogens is 1. The first-order valence-corrected chi connectivity index (χ1v) is 7.23. The van der Waals surface area contributed by atoms with E-state index < -0.39 is 7.12 Å². The van der Waals surface area contributed by atoms with Gasteiger partial charge in [-0.15, -0.1) is 0 Å². The molecule has 1 aromatic rings. The van der Waals surface area contributed by atoms with Gasteiger partial charge < -0.3 is 14.0 Å². The molecule has 0 bridgehead atoms. The molecule has 0 radical (unpaired) electrons. The Hall–Kier alpha value is -1.07. The van der Waals surface area contributed by atoms with E-state index in [1.165, 1.54) is 18.4 Å². The second-order valence-corrected chi connectivity index (χ2v) is 6.73. The summed E-state index contributed by atoms with van der Waals surface area (Å²) in [6.45, 7) is 8.21. The van der Waals surface area contributed by atoms with Gasteiger partial charge in [0.1, 0.15) is 0 Å². The van der Waals surface area contributed by atoms with Gasteiger partial charge in [0.05, 0.1) is 18.3 Å². The monoisotopic (exact) mass is 275 g/mol. The van der Waals surface area contributed by atoms with E-state index in [9.17, 15) is 0 Å². The zero-order chi connectivity index (χ0) is 14.5. The molecule has 4 nitrogen and oxygen atoms in total. The van der Waals surface area contributed by atoms with Crippen molar-refractivity contribution in [3.63, 3.8) is 0 Å². The summed E-state index contributed by atoms with van der Waals surface area (Å²) in [5, 5.41) is 0. The van der Waals surface area contributed by atoms with Crippen molar-refractivity contribution in [1.29, 1.82) is 0 Å². The van der Waals surface area contributed by atoms with Crippen LogP contribution in [0.25, 0.3) is 0 Å². The summed E-state index contributed by atoms with van der Waals surface area (Å²) in [4.78, 5) is 4.42. The molecule has 1 aliphatic heterocycles. The first kappa shape index (κ1) is 13.9. The number of hydrogen-bond acceptors (Lipinski definition) is 4. The zero-order valence-corrected chi connectivity index (χ0v) is 12.9. The molecular weight excluding hydrogens is 253 g/mol. The second kappa shape index (κ2) is 4.47. The third-order valence-electron chi connectivity index (χ3n) is 4.65. The molecule has 0 spiro atoms. The van der Waals surface area contributed by atoms with Crippen LogP contribution in [0.2, 0.25) is 0 Å². The minimum atomic E-state index is -0.416. The van der Waals surface area contributed by atoms with Crippen LogP contribution >= 0.6 is 0 Å². The van der Waals surface area contributed by atoms with E-state index in [-0.39, 0.29) is 11.2 Å². The van der Waals surface area contributed by atoms with Crippen LogP contribution in [0.1, 0.15) is 52.0 Å². The topological polar surface area (TPSA) is 40.6 Å². The number of pyridine rings is 1. The Bertz CT molecular complexity index is 510. The molecule has 1 saturated heterocycles. The van der Waals surface area contributed by atoms with E-state index in [4.69, 9.17) is 14.0 Å². The lowest BCUT2D eigenvalue weighted by molar-refractivity contribution is 0.00578. The molecule has 0 aromatic carbocycles. The molecule has 2 fully saturated rings. The van der Waals surface area contributed by atoms with Gasteiger partial charge in [0.25, 0.3) is 0 Å². The Labute approximate surface area is 121 Å². The summed E-state index contributed by atoms with van der Waals surface area (Å²) in [7, 11) is 1.22. The largest absolute Gasteiger partial charge is 0.500 e. The summed E-state index contributed by atoms with van der Waals surface area (Å²) in [5.41, 5.74) is 1.46. The molecule has 0 amide bonds. The molecule has 1 saturated carbocycles. The van der Waals surface area contributed by atoms with Crippen molar-refractivity contribution in [2.75, 3.05) is 7.11 Å². The number of ether oxygens (including phenoxy) is 1. The van der Waals surface area contributed by atoms with Gasteiger partial charge in [-0.3, -0.25) is 0 Å². The number of hydrogen-bond donors (Lipinski definition) is 0. The maximum atomic E-state index is 6.11. The van der Waals surface area contributed by atoms with Gasteiger partial charge in [0.2, 0.25) is 5.88 Å². The molecule has 2 aliphatic rings. The fourth-order valence-corrected chi connectivity index (χ4v) is 2.44. The lowest BCUT2D eigenvalue weighted by Gasteiger charge is -2.32. The van der Waals surface area contributed by atoms with Crippen molar-refractivity contribution >= 4 is 12.6 Å². The van der Waals surface area contributed by atoms with Gasteiger partial charge in [-0.25, -0.2) is 4.98 Å². The normalized spacial score (nSPS) is 23.9. The lowest BCUT2D eigenvalue weighted by Crippen LogP contribution is -2.41. The molecular formula is C15H22BNO3. The van der Waals surface area contributed by atoms with E-state index in [1.54, 1.807) is 7.11 Å². The van der Waals surface area contributed by atoms with Crippen molar-refractivity contribution in [3.8, 4) is 5.88 Å². The number of nitrogens with zero attached hydrogens (tertiary/aromatic N) is 1. The van der Waals surface area contributed by atoms with Crippen molar-refractivity contribution in [1.82, 2.24) is 4.98 Å². The van der Waals surface area contributed by atoms with E-state index in [0.29, 0.717) is 11.8 Å². The molecule has 3 rings (SSSR count). The van der Waals surface area contributed by atoms with Crippen molar-refractivity contribution in [2.24, 2.45) is 0 Å². The summed E-state index contributed by atoms with van der Waals surface area (Å²) in [6.07, 6.45) is 4.40. The average Bonchev–Trinajstić information content (AvgIpc) is 3.17. The highest BCUT2D eigenvalue weighted by Crippen LogP contribution is 2.41. The Kier molecular flexibility index (Phi) is 3.10. The van der Waals surface area contributed by atoms with Crippen LogP contribution < -0.4 is 10.2 Å². The fourth-order valence-electron chi connectivity index (χ4n) is 2.44. The minimum Gasteiger partial charge on any atom is -0.481 e. The van der Waals surface area contributed by atoms with Crippen LogP contribution in [0.4, 0.5) is 0 Å². The van der Waals surface area contributed by atoms with E-state index >= 15 is 0 Å². The van der Waals surface area contributed by atoms with Gasteiger partial charge >= 0.3 is 7.12 Å². The maximum Gasteiger partial charge on any atom is 0.500 e. The van der Waals surface area contributed by atoms with E-state index in [2.05, 4.69) is 38.7 Å². The molecule has 2 heterocycles. The summed E-state index contributed by atoms with van der Waals surface area (Å²) in [6, 6.07) is 2.13. The predicted molar refractivity (Wildman–Crippen MR) is 78.5 cm³/mol. The van der Waals surface area contributed by atoms with Gasteiger partial charge in [-0.1, -0.05) is 6.07 Å². The highest BCUT2D eigenvalue weighted by Gasteiger charge is 2.52. The lowest BCUT2D eigenvalue weighted by atomic mass is 9.78. The van der Waals surface area contributed by atoms with Gasteiger partial charge in [-0.2, -0.15) is 0 Å². The fraction of sp³-hybridized carbons (Fsp3) is 0.667. The minimum absolute atomic E-state index is 0.349. The van der Waals surface area contributed by atoms with Crippen LogP contribution in [-0.4, -0.2) is 30.4 Å². The highest BCUT2D eigenvalue weighted by atomic mass is 16.7. The Morgan fingerprint density at radius 1 is 1.20 bits per heavy atom. The molecule has 0 unspecified atom stereocenters. The predicted octanol–water partition coefficient (Wildman–Crippen LogP) is 2.27. The number of rotatable bonds is 3.